The molecule has 0 radical (unpaired) electrons. The Morgan fingerprint density at radius 2 is 1.47 bits per heavy atom. The van der Waals surface area contributed by atoms with E-state index in [1.54, 1.807) is 12.1 Å². The van der Waals surface area contributed by atoms with Crippen LogP contribution in [0.3, 0.4) is 0 Å². The zero-order valence-electron chi connectivity index (χ0n) is 7.97. The fraction of sp³-hybridized carbons (Fsp3) is 0. The molecule has 15 heavy (non-hydrogen) atoms. The Labute approximate surface area is 90.1 Å². The van der Waals surface area contributed by atoms with Crippen molar-refractivity contribution in [3.63, 3.8) is 0 Å². The predicted molar refractivity (Wildman–Crippen MR) is 61.5 cm³/mol. The summed E-state index contributed by atoms with van der Waals surface area (Å²) in [6.45, 7) is 0. The molecule has 0 aliphatic heterocycles. The van der Waals surface area contributed by atoms with Gasteiger partial charge in [0.2, 0.25) is 0 Å². The largest absolute Gasteiger partial charge is 0.872 e. The number of rotatable bonds is 2. The molecule has 2 aromatic carbocycles. The van der Waals surface area contributed by atoms with Gasteiger partial charge in [0.25, 0.3) is 0 Å². The average Bonchev–Trinajstić information content (AvgIpc) is 2.30. The SMILES string of the molecule is [O-]c1ccccc1-c1ccccc1PO. The maximum absolute atomic E-state index is 11.6. The van der Waals surface area contributed by atoms with Crippen LogP contribution < -0.4 is 10.4 Å². The molecule has 2 aromatic rings. The third-order valence-corrected chi connectivity index (χ3v) is 2.90. The molecule has 0 heterocycles. The van der Waals surface area contributed by atoms with E-state index in [4.69, 9.17) is 0 Å². The average molecular weight is 217 g/mol. The lowest BCUT2D eigenvalue weighted by Gasteiger charge is -2.15. The van der Waals surface area contributed by atoms with E-state index in [-0.39, 0.29) is 14.6 Å². The van der Waals surface area contributed by atoms with Gasteiger partial charge in [0.05, 0.1) is 0 Å². The molecular formula is C12H10O2P-. The van der Waals surface area contributed by atoms with Gasteiger partial charge in [-0.1, -0.05) is 48.5 Å². The van der Waals surface area contributed by atoms with Crippen LogP contribution in [0.4, 0.5) is 0 Å². The van der Waals surface area contributed by atoms with Crippen LogP contribution in [0.1, 0.15) is 0 Å². The highest BCUT2D eigenvalue weighted by Crippen LogP contribution is 2.27. The fourth-order valence-corrected chi connectivity index (χ4v) is 2.01. The Bertz CT molecular complexity index is 469. The molecule has 0 aliphatic carbocycles. The summed E-state index contributed by atoms with van der Waals surface area (Å²) in [4.78, 5) is 9.20. The van der Waals surface area contributed by atoms with Crippen molar-refractivity contribution in [2.24, 2.45) is 0 Å². The Kier molecular flexibility index (Phi) is 3.00. The number of hydrogen-bond acceptors (Lipinski definition) is 2. The fourth-order valence-electron chi connectivity index (χ4n) is 1.50. The summed E-state index contributed by atoms with van der Waals surface area (Å²) < 4.78 is 0. The second kappa shape index (κ2) is 4.43. The smallest absolute Gasteiger partial charge is 0.0426 e. The molecule has 0 amide bonds. The van der Waals surface area contributed by atoms with Crippen LogP contribution >= 0.6 is 8.81 Å². The minimum absolute atomic E-state index is 0.0109. The van der Waals surface area contributed by atoms with E-state index in [0.29, 0.717) is 5.56 Å². The molecule has 0 saturated heterocycles. The van der Waals surface area contributed by atoms with Crippen molar-refractivity contribution in [3.8, 4) is 16.9 Å². The van der Waals surface area contributed by atoms with Crippen LogP contribution in [0.25, 0.3) is 11.1 Å². The predicted octanol–water partition coefficient (Wildman–Crippen LogP) is 1.64. The lowest BCUT2D eigenvalue weighted by Crippen LogP contribution is -2.01. The lowest BCUT2D eigenvalue weighted by atomic mass is 10.0. The summed E-state index contributed by atoms with van der Waals surface area (Å²) in [5.41, 5.74) is 1.47. The molecule has 0 bridgehead atoms. The number of hydrogen-bond donors (Lipinski definition) is 1. The van der Waals surface area contributed by atoms with E-state index in [1.165, 1.54) is 6.07 Å². The second-order valence-corrected chi connectivity index (χ2v) is 3.92. The van der Waals surface area contributed by atoms with E-state index in [9.17, 15) is 10.00 Å². The van der Waals surface area contributed by atoms with Gasteiger partial charge in [0, 0.05) is 14.1 Å². The lowest BCUT2D eigenvalue weighted by molar-refractivity contribution is -0.267. The van der Waals surface area contributed by atoms with Gasteiger partial charge in [0.1, 0.15) is 0 Å². The normalized spacial score (nSPS) is 11.0. The van der Waals surface area contributed by atoms with Gasteiger partial charge in [0.15, 0.2) is 0 Å². The third-order valence-electron chi connectivity index (χ3n) is 2.22. The summed E-state index contributed by atoms with van der Waals surface area (Å²) in [6, 6.07) is 14.3. The van der Waals surface area contributed by atoms with Crippen molar-refractivity contribution < 1.29 is 10.00 Å². The van der Waals surface area contributed by atoms with E-state index in [0.717, 1.165) is 10.9 Å². The molecular weight excluding hydrogens is 207 g/mol. The van der Waals surface area contributed by atoms with Crippen LogP contribution in [0.5, 0.6) is 5.75 Å². The Morgan fingerprint density at radius 3 is 2.13 bits per heavy atom. The van der Waals surface area contributed by atoms with Gasteiger partial charge in [-0.15, -0.1) is 5.75 Å². The highest BCUT2D eigenvalue weighted by atomic mass is 31.1. The van der Waals surface area contributed by atoms with Crippen LogP contribution in [0, 0.1) is 0 Å². The van der Waals surface area contributed by atoms with E-state index in [2.05, 4.69) is 0 Å². The molecule has 2 nitrogen and oxygen atoms in total. The quantitative estimate of drug-likeness (QED) is 0.777. The molecule has 1 N–H and O–H groups in total. The minimum atomic E-state index is -0.288. The first-order valence-electron chi connectivity index (χ1n) is 4.58. The summed E-state index contributed by atoms with van der Waals surface area (Å²) in [5, 5.41) is 12.4. The summed E-state index contributed by atoms with van der Waals surface area (Å²) >= 11 is 0. The maximum atomic E-state index is 11.6. The first kappa shape index (κ1) is 10.2. The molecule has 3 heteroatoms. The van der Waals surface area contributed by atoms with Crippen LogP contribution in [-0.4, -0.2) is 4.89 Å². The molecule has 0 aliphatic rings. The highest BCUT2D eigenvalue weighted by molar-refractivity contribution is 7.41. The zero-order chi connectivity index (χ0) is 10.7. The molecule has 0 spiro atoms. The van der Waals surface area contributed by atoms with Gasteiger partial charge >= 0.3 is 0 Å². The van der Waals surface area contributed by atoms with Gasteiger partial charge in [-0.2, -0.15) is 0 Å². The standard InChI is InChI=1S/C12H11O2P/c13-11-7-3-1-5-9(11)10-6-2-4-8-12(10)15-14/h1-8,13-15H/p-1. The minimum Gasteiger partial charge on any atom is -0.872 e. The summed E-state index contributed by atoms with van der Waals surface area (Å²) in [6.07, 6.45) is 0. The maximum Gasteiger partial charge on any atom is 0.0426 e. The van der Waals surface area contributed by atoms with Crippen molar-refractivity contribution in [2.75, 3.05) is 0 Å². The zero-order valence-corrected chi connectivity index (χ0v) is 8.97. The summed E-state index contributed by atoms with van der Waals surface area (Å²) in [7, 11) is -0.288. The Balaban J connectivity index is 2.59. The van der Waals surface area contributed by atoms with E-state index < -0.39 is 0 Å². The van der Waals surface area contributed by atoms with Gasteiger partial charge in [-0.05, 0) is 11.1 Å². The Morgan fingerprint density at radius 1 is 0.867 bits per heavy atom. The van der Waals surface area contributed by atoms with Crippen LogP contribution in [0.15, 0.2) is 48.5 Å². The first-order chi connectivity index (χ1) is 7.33. The van der Waals surface area contributed by atoms with Crippen LogP contribution in [0.2, 0.25) is 0 Å². The van der Waals surface area contributed by atoms with E-state index in [1.807, 2.05) is 30.3 Å². The molecule has 0 aromatic heterocycles. The number of benzene rings is 2. The third kappa shape index (κ3) is 2.01. The monoisotopic (exact) mass is 217 g/mol. The van der Waals surface area contributed by atoms with Crippen molar-refractivity contribution >= 4 is 14.1 Å². The molecule has 76 valence electrons. The van der Waals surface area contributed by atoms with Gasteiger partial charge in [-0.3, -0.25) is 0 Å². The molecule has 1 atom stereocenters. The van der Waals surface area contributed by atoms with Crippen molar-refractivity contribution in [3.05, 3.63) is 48.5 Å². The highest BCUT2D eigenvalue weighted by Gasteiger charge is 2.03. The Hall–Kier alpha value is -1.37. The van der Waals surface area contributed by atoms with Crippen molar-refractivity contribution in [2.45, 2.75) is 0 Å². The topological polar surface area (TPSA) is 43.3 Å². The molecule has 2 rings (SSSR count). The van der Waals surface area contributed by atoms with Gasteiger partial charge < -0.3 is 10.00 Å². The van der Waals surface area contributed by atoms with Crippen molar-refractivity contribution in [1.82, 2.24) is 0 Å². The van der Waals surface area contributed by atoms with Crippen molar-refractivity contribution in [1.29, 1.82) is 0 Å². The van der Waals surface area contributed by atoms with Gasteiger partial charge in [-0.25, -0.2) is 0 Å². The van der Waals surface area contributed by atoms with Crippen LogP contribution in [-0.2, 0) is 0 Å². The molecule has 0 saturated carbocycles. The first-order valence-corrected chi connectivity index (χ1v) is 5.53. The molecule has 0 fully saturated rings. The molecule has 1 unspecified atom stereocenters. The summed E-state index contributed by atoms with van der Waals surface area (Å²) in [5.74, 6) is -0.0109. The van der Waals surface area contributed by atoms with E-state index >= 15 is 0 Å². The number of para-hydroxylation sites is 1. The second-order valence-electron chi connectivity index (χ2n) is 3.15.